The van der Waals surface area contributed by atoms with Crippen molar-refractivity contribution in [1.29, 1.82) is 0 Å². The molecule has 0 spiro atoms. The van der Waals surface area contributed by atoms with Crippen molar-refractivity contribution in [2.24, 2.45) is 5.73 Å². The molecule has 1 fully saturated rings. The number of aryl methyl sites for hydroxylation is 1. The van der Waals surface area contributed by atoms with E-state index in [0.717, 1.165) is 30.1 Å². The molecule has 0 radical (unpaired) electrons. The minimum absolute atomic E-state index is 0.127. The van der Waals surface area contributed by atoms with Crippen molar-refractivity contribution in [2.45, 2.75) is 25.3 Å². The molecule has 1 saturated heterocycles. The van der Waals surface area contributed by atoms with Gasteiger partial charge in [-0.1, -0.05) is 11.3 Å². The van der Waals surface area contributed by atoms with E-state index < -0.39 is 10.0 Å². The van der Waals surface area contributed by atoms with Crippen LogP contribution < -0.4 is 10.6 Å². The number of hydrogen-bond acceptors (Lipinski definition) is 6. The van der Waals surface area contributed by atoms with Crippen LogP contribution in [0.2, 0.25) is 0 Å². The lowest BCUT2D eigenvalue weighted by Crippen LogP contribution is -2.48. The zero-order valence-electron chi connectivity index (χ0n) is 11.6. The number of nitrogens with two attached hydrogens (primary N) is 1. The Bertz CT molecular complexity index is 591. The summed E-state index contributed by atoms with van der Waals surface area (Å²) in [6.45, 7) is 2.48. The Hall–Kier alpha value is -0.700. The maximum atomic E-state index is 11.5. The van der Waals surface area contributed by atoms with Crippen LogP contribution in [0.25, 0.3) is 0 Å². The lowest BCUT2D eigenvalue weighted by molar-refractivity contribution is 0.388. The smallest absolute Gasteiger partial charge is 0.211 e. The van der Waals surface area contributed by atoms with Crippen LogP contribution in [-0.4, -0.2) is 50.1 Å². The van der Waals surface area contributed by atoms with Crippen molar-refractivity contribution in [3.05, 3.63) is 10.6 Å². The van der Waals surface area contributed by atoms with Gasteiger partial charge in [-0.2, -0.15) is 4.31 Å². The Balaban J connectivity index is 1.73. The van der Waals surface area contributed by atoms with E-state index in [1.807, 2.05) is 0 Å². The normalized spacial score (nSPS) is 24.7. The van der Waals surface area contributed by atoms with Crippen LogP contribution in [0.1, 0.15) is 29.5 Å². The summed E-state index contributed by atoms with van der Waals surface area (Å²) in [5.41, 5.74) is 7.28. The first-order chi connectivity index (χ1) is 9.45. The molecule has 0 saturated carbocycles. The van der Waals surface area contributed by atoms with E-state index in [1.165, 1.54) is 15.4 Å². The van der Waals surface area contributed by atoms with Crippen LogP contribution >= 0.6 is 11.3 Å². The van der Waals surface area contributed by atoms with Gasteiger partial charge in [-0.3, -0.25) is 0 Å². The molecule has 1 aromatic rings. The topological polar surface area (TPSA) is 79.5 Å². The van der Waals surface area contributed by atoms with Crippen molar-refractivity contribution in [3.63, 3.8) is 0 Å². The third kappa shape index (κ3) is 2.69. The van der Waals surface area contributed by atoms with Crippen molar-refractivity contribution in [1.82, 2.24) is 9.29 Å². The SMILES string of the molecule is CS(=O)(=O)N1CCN(c2nc3c(s2)C(N)CCC3)CC1. The average molecular weight is 316 g/mol. The molecule has 0 aromatic carbocycles. The molecule has 1 unspecified atom stereocenters. The van der Waals surface area contributed by atoms with E-state index in [9.17, 15) is 8.42 Å². The molecule has 1 atom stereocenters. The minimum atomic E-state index is -3.07. The number of rotatable bonds is 2. The first kappa shape index (κ1) is 14.2. The second kappa shape index (κ2) is 5.25. The van der Waals surface area contributed by atoms with Crippen LogP contribution in [0.4, 0.5) is 5.13 Å². The molecule has 2 N–H and O–H groups in total. The Morgan fingerprint density at radius 1 is 1.30 bits per heavy atom. The van der Waals surface area contributed by atoms with E-state index in [2.05, 4.69) is 4.90 Å². The van der Waals surface area contributed by atoms with Gasteiger partial charge in [0.25, 0.3) is 0 Å². The predicted octanol–water partition coefficient (Wildman–Crippen LogP) is 0.561. The van der Waals surface area contributed by atoms with E-state index in [1.54, 1.807) is 11.3 Å². The number of nitrogens with zero attached hydrogens (tertiary/aromatic N) is 3. The standard InChI is InChI=1S/C12H20N4O2S2/c1-20(17,18)16-7-5-15(6-8-16)12-14-10-4-2-3-9(13)11(10)19-12/h9H,2-8,13H2,1H3. The van der Waals surface area contributed by atoms with Crippen molar-refractivity contribution >= 4 is 26.5 Å². The third-order valence-corrected chi connectivity index (χ3v) is 6.55. The van der Waals surface area contributed by atoms with Gasteiger partial charge in [0.2, 0.25) is 10.0 Å². The molecule has 20 heavy (non-hydrogen) atoms. The highest BCUT2D eigenvalue weighted by Crippen LogP contribution is 2.36. The quantitative estimate of drug-likeness (QED) is 0.862. The summed E-state index contributed by atoms with van der Waals surface area (Å²) in [5, 5.41) is 1.00. The van der Waals surface area contributed by atoms with E-state index in [4.69, 9.17) is 10.7 Å². The number of aromatic nitrogens is 1. The first-order valence-corrected chi connectivity index (χ1v) is 9.57. The molecule has 3 rings (SSSR count). The molecule has 1 aromatic heterocycles. The molecule has 0 amide bonds. The highest BCUT2D eigenvalue weighted by Gasteiger charge is 2.27. The number of piperazine rings is 1. The lowest BCUT2D eigenvalue weighted by atomic mass is 9.99. The molecule has 6 nitrogen and oxygen atoms in total. The molecule has 2 aliphatic rings. The highest BCUT2D eigenvalue weighted by atomic mass is 32.2. The Morgan fingerprint density at radius 2 is 2.00 bits per heavy atom. The van der Waals surface area contributed by atoms with E-state index >= 15 is 0 Å². The highest BCUT2D eigenvalue weighted by molar-refractivity contribution is 7.88. The van der Waals surface area contributed by atoms with Gasteiger partial charge in [0.05, 0.1) is 11.9 Å². The van der Waals surface area contributed by atoms with Crippen LogP contribution in [0, 0.1) is 0 Å². The Morgan fingerprint density at radius 3 is 2.60 bits per heavy atom. The number of fused-ring (bicyclic) bond motifs is 1. The summed E-state index contributed by atoms with van der Waals surface area (Å²) in [6.07, 6.45) is 4.43. The maximum Gasteiger partial charge on any atom is 0.211 e. The summed E-state index contributed by atoms with van der Waals surface area (Å²) in [7, 11) is -3.07. The van der Waals surface area contributed by atoms with Crippen LogP contribution in [-0.2, 0) is 16.4 Å². The van der Waals surface area contributed by atoms with Crippen LogP contribution in [0.5, 0.6) is 0 Å². The van der Waals surface area contributed by atoms with Gasteiger partial charge in [-0.05, 0) is 19.3 Å². The number of thiazole rings is 1. The van der Waals surface area contributed by atoms with Crippen LogP contribution in [0.3, 0.4) is 0 Å². The third-order valence-electron chi connectivity index (χ3n) is 3.96. The fourth-order valence-electron chi connectivity index (χ4n) is 2.79. The monoisotopic (exact) mass is 316 g/mol. The van der Waals surface area contributed by atoms with Crippen molar-refractivity contribution < 1.29 is 8.42 Å². The van der Waals surface area contributed by atoms with Crippen molar-refractivity contribution in [3.8, 4) is 0 Å². The number of sulfonamides is 1. The van der Waals surface area contributed by atoms with Crippen LogP contribution in [0.15, 0.2) is 0 Å². The molecule has 1 aliphatic heterocycles. The molecular weight excluding hydrogens is 296 g/mol. The molecule has 8 heteroatoms. The molecule has 112 valence electrons. The van der Waals surface area contributed by atoms with Gasteiger partial charge in [-0.25, -0.2) is 13.4 Å². The second-order valence-corrected chi connectivity index (χ2v) is 8.45. The summed E-state index contributed by atoms with van der Waals surface area (Å²) >= 11 is 1.68. The molecular formula is C12H20N4O2S2. The fraction of sp³-hybridized carbons (Fsp3) is 0.750. The fourth-order valence-corrected chi connectivity index (χ4v) is 4.81. The van der Waals surface area contributed by atoms with Gasteiger partial charge in [0, 0.05) is 37.1 Å². The number of hydrogen-bond donors (Lipinski definition) is 1. The van der Waals surface area contributed by atoms with Gasteiger partial charge in [0.15, 0.2) is 5.13 Å². The van der Waals surface area contributed by atoms with Crippen molar-refractivity contribution in [2.75, 3.05) is 37.3 Å². The van der Waals surface area contributed by atoms with Gasteiger partial charge >= 0.3 is 0 Å². The Labute approximate surface area is 123 Å². The largest absolute Gasteiger partial charge is 0.345 e. The summed E-state index contributed by atoms with van der Waals surface area (Å²) < 4.78 is 24.5. The summed E-state index contributed by atoms with van der Waals surface area (Å²) in [5.74, 6) is 0. The minimum Gasteiger partial charge on any atom is -0.345 e. The summed E-state index contributed by atoms with van der Waals surface area (Å²) in [4.78, 5) is 8.11. The zero-order valence-corrected chi connectivity index (χ0v) is 13.2. The van der Waals surface area contributed by atoms with E-state index in [0.29, 0.717) is 26.2 Å². The second-order valence-electron chi connectivity index (χ2n) is 5.46. The summed E-state index contributed by atoms with van der Waals surface area (Å²) in [6, 6.07) is 0.127. The first-order valence-electron chi connectivity index (χ1n) is 6.90. The zero-order chi connectivity index (χ0) is 14.3. The molecule has 1 aliphatic carbocycles. The predicted molar refractivity (Wildman–Crippen MR) is 80.6 cm³/mol. The van der Waals surface area contributed by atoms with Gasteiger partial charge in [0.1, 0.15) is 0 Å². The average Bonchev–Trinajstić information content (AvgIpc) is 2.83. The van der Waals surface area contributed by atoms with Gasteiger partial charge in [-0.15, -0.1) is 0 Å². The molecule has 0 bridgehead atoms. The number of anilines is 1. The lowest BCUT2D eigenvalue weighted by Gasteiger charge is -2.32. The van der Waals surface area contributed by atoms with Gasteiger partial charge < -0.3 is 10.6 Å². The molecule has 2 heterocycles. The Kier molecular flexibility index (Phi) is 3.74. The van der Waals surface area contributed by atoms with E-state index in [-0.39, 0.29) is 6.04 Å². The maximum absolute atomic E-state index is 11.5.